The van der Waals surface area contributed by atoms with Crippen LogP contribution in [-0.2, 0) is 16.8 Å². The molecule has 0 saturated heterocycles. The van der Waals surface area contributed by atoms with Crippen molar-refractivity contribution in [3.63, 3.8) is 0 Å². The monoisotopic (exact) mass is 209 g/mol. The predicted octanol–water partition coefficient (Wildman–Crippen LogP) is 1.89. The Morgan fingerprint density at radius 3 is 2.67 bits per heavy atom. The number of hydrogen-bond acceptors (Lipinski definition) is 3. The second-order valence-electron chi connectivity index (χ2n) is 4.54. The maximum atomic E-state index is 8.58. The van der Waals surface area contributed by atoms with Crippen molar-refractivity contribution in [3.8, 4) is 0 Å². The summed E-state index contributed by atoms with van der Waals surface area (Å²) in [6, 6.07) is 5.95. The summed E-state index contributed by atoms with van der Waals surface area (Å²) in [6.07, 6.45) is 0. The van der Waals surface area contributed by atoms with Gasteiger partial charge in [0.15, 0.2) is 0 Å². The van der Waals surface area contributed by atoms with Crippen molar-refractivity contribution in [3.05, 3.63) is 29.6 Å². The van der Waals surface area contributed by atoms with E-state index in [1.165, 1.54) is 0 Å². The summed E-state index contributed by atoms with van der Waals surface area (Å²) in [5.74, 6) is 0. The third-order valence-electron chi connectivity index (χ3n) is 2.06. The summed E-state index contributed by atoms with van der Waals surface area (Å²) < 4.78 is 5.22. The first-order valence-corrected chi connectivity index (χ1v) is 5.19. The minimum absolute atomic E-state index is 0.0545. The highest BCUT2D eigenvalue weighted by molar-refractivity contribution is 5.17. The van der Waals surface area contributed by atoms with Gasteiger partial charge in [-0.1, -0.05) is 26.8 Å². The molecule has 0 aromatic carbocycles. The number of nitrogens with zero attached hydrogens (tertiary/aromatic N) is 1. The van der Waals surface area contributed by atoms with E-state index in [1.807, 2.05) is 18.2 Å². The van der Waals surface area contributed by atoms with Crippen LogP contribution < -0.4 is 0 Å². The average Bonchev–Trinajstić information content (AvgIpc) is 2.17. The van der Waals surface area contributed by atoms with Gasteiger partial charge < -0.3 is 9.84 Å². The Labute approximate surface area is 91.1 Å². The summed E-state index contributed by atoms with van der Waals surface area (Å²) in [6.45, 7) is 7.28. The second-order valence-corrected chi connectivity index (χ2v) is 4.54. The van der Waals surface area contributed by atoms with Gasteiger partial charge in [-0.25, -0.2) is 0 Å². The lowest BCUT2D eigenvalue weighted by Gasteiger charge is -2.18. The zero-order valence-electron chi connectivity index (χ0n) is 9.66. The van der Waals surface area contributed by atoms with E-state index in [0.29, 0.717) is 13.2 Å². The Morgan fingerprint density at radius 1 is 1.33 bits per heavy atom. The maximum Gasteiger partial charge on any atom is 0.0889 e. The van der Waals surface area contributed by atoms with Crippen molar-refractivity contribution >= 4 is 0 Å². The van der Waals surface area contributed by atoms with Gasteiger partial charge in [-0.2, -0.15) is 0 Å². The summed E-state index contributed by atoms with van der Waals surface area (Å²) in [7, 11) is 0. The van der Waals surface area contributed by atoms with E-state index in [4.69, 9.17) is 9.84 Å². The van der Waals surface area contributed by atoms with Crippen LogP contribution in [0.3, 0.4) is 0 Å². The van der Waals surface area contributed by atoms with E-state index in [1.54, 1.807) is 0 Å². The van der Waals surface area contributed by atoms with Crippen LogP contribution in [0.15, 0.2) is 18.2 Å². The lowest BCUT2D eigenvalue weighted by atomic mass is 9.91. The van der Waals surface area contributed by atoms with Gasteiger partial charge in [0.2, 0.25) is 0 Å². The molecule has 3 heteroatoms. The van der Waals surface area contributed by atoms with E-state index in [0.717, 1.165) is 11.4 Å². The molecule has 0 radical (unpaired) electrons. The molecule has 1 heterocycles. The molecule has 15 heavy (non-hydrogen) atoms. The van der Waals surface area contributed by atoms with E-state index in [2.05, 4.69) is 25.8 Å². The van der Waals surface area contributed by atoms with Gasteiger partial charge in [0.25, 0.3) is 0 Å². The Hall–Kier alpha value is -0.930. The molecule has 0 spiro atoms. The molecule has 0 aliphatic carbocycles. The summed E-state index contributed by atoms with van der Waals surface area (Å²) in [4.78, 5) is 4.51. The molecular formula is C12H19NO2. The van der Waals surface area contributed by atoms with Gasteiger partial charge in [0.05, 0.1) is 25.5 Å². The standard InChI is InChI=1S/C12H19NO2/c1-12(2,3)11-6-4-5-10(13-11)9-15-8-7-14/h4-6,14H,7-9H2,1-3H3. The Kier molecular flexibility index (Phi) is 4.24. The molecule has 0 fully saturated rings. The largest absolute Gasteiger partial charge is 0.394 e. The van der Waals surface area contributed by atoms with Crippen molar-refractivity contribution in [1.82, 2.24) is 4.98 Å². The van der Waals surface area contributed by atoms with Crippen LogP contribution in [0.4, 0.5) is 0 Å². The maximum absolute atomic E-state index is 8.58. The minimum atomic E-state index is 0.0545. The number of rotatable bonds is 4. The molecule has 3 nitrogen and oxygen atoms in total. The fourth-order valence-corrected chi connectivity index (χ4v) is 1.22. The lowest BCUT2D eigenvalue weighted by Crippen LogP contribution is -2.14. The molecule has 84 valence electrons. The number of ether oxygens (including phenoxy) is 1. The molecule has 1 rings (SSSR count). The molecule has 1 N–H and O–H groups in total. The smallest absolute Gasteiger partial charge is 0.0889 e. The Bertz CT molecular complexity index is 305. The summed E-state index contributed by atoms with van der Waals surface area (Å²) in [5.41, 5.74) is 2.04. The molecule has 1 aromatic rings. The first-order chi connectivity index (χ1) is 7.04. The highest BCUT2D eigenvalue weighted by Gasteiger charge is 2.15. The first kappa shape index (κ1) is 12.1. The lowest BCUT2D eigenvalue weighted by molar-refractivity contribution is 0.0795. The van der Waals surface area contributed by atoms with Crippen LogP contribution >= 0.6 is 0 Å². The molecule has 0 aliphatic heterocycles. The Balaban J connectivity index is 2.66. The van der Waals surface area contributed by atoms with E-state index >= 15 is 0 Å². The van der Waals surface area contributed by atoms with Crippen molar-refractivity contribution in [1.29, 1.82) is 0 Å². The van der Waals surface area contributed by atoms with Gasteiger partial charge in [-0.15, -0.1) is 0 Å². The zero-order valence-corrected chi connectivity index (χ0v) is 9.66. The second kappa shape index (κ2) is 5.24. The van der Waals surface area contributed by atoms with Gasteiger partial charge in [-0.05, 0) is 12.1 Å². The van der Waals surface area contributed by atoms with Crippen LogP contribution in [0.1, 0.15) is 32.2 Å². The van der Waals surface area contributed by atoms with E-state index < -0.39 is 0 Å². The number of aliphatic hydroxyl groups is 1. The van der Waals surface area contributed by atoms with Gasteiger partial charge in [0, 0.05) is 11.1 Å². The van der Waals surface area contributed by atoms with Crippen LogP contribution in [0, 0.1) is 0 Å². The zero-order chi connectivity index (χ0) is 11.3. The van der Waals surface area contributed by atoms with Crippen molar-refractivity contribution in [2.24, 2.45) is 0 Å². The third-order valence-corrected chi connectivity index (χ3v) is 2.06. The fourth-order valence-electron chi connectivity index (χ4n) is 1.22. The van der Waals surface area contributed by atoms with Crippen LogP contribution in [0.2, 0.25) is 0 Å². The molecule has 1 aromatic heterocycles. The van der Waals surface area contributed by atoms with Gasteiger partial charge in [0.1, 0.15) is 0 Å². The predicted molar refractivity (Wildman–Crippen MR) is 59.7 cm³/mol. The average molecular weight is 209 g/mol. The van der Waals surface area contributed by atoms with E-state index in [-0.39, 0.29) is 12.0 Å². The molecular weight excluding hydrogens is 190 g/mol. The SMILES string of the molecule is CC(C)(C)c1cccc(COCCO)n1. The fraction of sp³-hybridized carbons (Fsp3) is 0.583. The highest BCUT2D eigenvalue weighted by Crippen LogP contribution is 2.19. The Morgan fingerprint density at radius 2 is 2.07 bits per heavy atom. The number of pyridine rings is 1. The molecule has 0 aliphatic rings. The third kappa shape index (κ3) is 3.98. The minimum Gasteiger partial charge on any atom is -0.394 e. The van der Waals surface area contributed by atoms with Gasteiger partial charge in [-0.3, -0.25) is 4.98 Å². The van der Waals surface area contributed by atoms with Gasteiger partial charge >= 0.3 is 0 Å². The number of aromatic nitrogens is 1. The summed E-state index contributed by atoms with van der Waals surface area (Å²) in [5, 5.41) is 8.58. The molecule has 0 atom stereocenters. The molecule has 0 unspecified atom stereocenters. The normalized spacial score (nSPS) is 11.7. The summed E-state index contributed by atoms with van der Waals surface area (Å²) >= 11 is 0. The van der Waals surface area contributed by atoms with Crippen LogP contribution in [0.5, 0.6) is 0 Å². The highest BCUT2D eigenvalue weighted by atomic mass is 16.5. The van der Waals surface area contributed by atoms with Crippen LogP contribution in [0.25, 0.3) is 0 Å². The molecule has 0 bridgehead atoms. The number of aliphatic hydroxyl groups excluding tert-OH is 1. The van der Waals surface area contributed by atoms with Crippen molar-refractivity contribution in [2.75, 3.05) is 13.2 Å². The van der Waals surface area contributed by atoms with Crippen LogP contribution in [-0.4, -0.2) is 23.3 Å². The number of hydrogen-bond donors (Lipinski definition) is 1. The topological polar surface area (TPSA) is 42.4 Å². The quantitative estimate of drug-likeness (QED) is 0.770. The molecule has 0 saturated carbocycles. The van der Waals surface area contributed by atoms with E-state index in [9.17, 15) is 0 Å². The van der Waals surface area contributed by atoms with Crippen molar-refractivity contribution in [2.45, 2.75) is 32.8 Å². The van der Waals surface area contributed by atoms with Crippen molar-refractivity contribution < 1.29 is 9.84 Å². The molecule has 0 amide bonds. The first-order valence-electron chi connectivity index (χ1n) is 5.19.